The lowest BCUT2D eigenvalue weighted by Crippen LogP contribution is -2.26. The number of ether oxygens (including phenoxy) is 1. The predicted molar refractivity (Wildman–Crippen MR) is 84.4 cm³/mol. The van der Waals surface area contributed by atoms with Crippen LogP contribution < -0.4 is 15.4 Å². The van der Waals surface area contributed by atoms with E-state index in [0.717, 1.165) is 25.3 Å². The highest BCUT2D eigenvalue weighted by Crippen LogP contribution is 2.17. The Labute approximate surface area is 125 Å². The van der Waals surface area contributed by atoms with Gasteiger partial charge in [0.1, 0.15) is 0 Å². The molecule has 112 valence electrons. The van der Waals surface area contributed by atoms with E-state index >= 15 is 0 Å². The SMILES string of the molecule is CCOc1cncc(N(CCCN)Cc2ccccc2)n1. The van der Waals surface area contributed by atoms with Crippen LogP contribution in [-0.2, 0) is 6.54 Å². The summed E-state index contributed by atoms with van der Waals surface area (Å²) in [5, 5.41) is 0. The number of hydrogen-bond donors (Lipinski definition) is 1. The summed E-state index contributed by atoms with van der Waals surface area (Å²) in [5.41, 5.74) is 6.87. The van der Waals surface area contributed by atoms with Crippen LogP contribution in [0.5, 0.6) is 5.88 Å². The van der Waals surface area contributed by atoms with Crippen LogP contribution in [0.2, 0.25) is 0 Å². The molecule has 0 fully saturated rings. The van der Waals surface area contributed by atoms with Crippen LogP contribution in [0.1, 0.15) is 18.9 Å². The molecule has 0 unspecified atom stereocenters. The molecule has 0 amide bonds. The molecule has 2 rings (SSSR count). The van der Waals surface area contributed by atoms with Gasteiger partial charge in [-0.25, -0.2) is 0 Å². The van der Waals surface area contributed by atoms with Crippen LogP contribution in [0, 0.1) is 0 Å². The number of nitrogens with two attached hydrogens (primary N) is 1. The molecule has 0 aliphatic heterocycles. The lowest BCUT2D eigenvalue weighted by molar-refractivity contribution is 0.325. The molecule has 0 radical (unpaired) electrons. The first-order chi connectivity index (χ1) is 10.3. The summed E-state index contributed by atoms with van der Waals surface area (Å²) in [4.78, 5) is 10.9. The van der Waals surface area contributed by atoms with Crippen molar-refractivity contribution in [1.29, 1.82) is 0 Å². The quantitative estimate of drug-likeness (QED) is 0.806. The molecule has 1 aromatic carbocycles. The molecule has 0 bridgehead atoms. The van der Waals surface area contributed by atoms with Crippen LogP contribution in [0.4, 0.5) is 5.82 Å². The van der Waals surface area contributed by atoms with Crippen molar-refractivity contribution < 1.29 is 4.74 Å². The Kier molecular flexibility index (Phi) is 5.97. The predicted octanol–water partition coefficient (Wildman–Crippen LogP) is 2.23. The van der Waals surface area contributed by atoms with Crippen LogP contribution in [0.25, 0.3) is 0 Å². The first kappa shape index (κ1) is 15.3. The van der Waals surface area contributed by atoms with E-state index in [4.69, 9.17) is 10.5 Å². The molecule has 1 heterocycles. The maximum absolute atomic E-state index is 5.64. The van der Waals surface area contributed by atoms with Crippen molar-refractivity contribution in [3.63, 3.8) is 0 Å². The molecule has 0 saturated heterocycles. The summed E-state index contributed by atoms with van der Waals surface area (Å²) in [6, 6.07) is 10.3. The van der Waals surface area contributed by atoms with Crippen LogP contribution in [-0.4, -0.2) is 29.7 Å². The molecule has 2 N–H and O–H groups in total. The number of nitrogens with zero attached hydrogens (tertiary/aromatic N) is 3. The zero-order valence-corrected chi connectivity index (χ0v) is 12.4. The summed E-state index contributed by atoms with van der Waals surface area (Å²) in [6.45, 7) is 4.80. The molecule has 0 atom stereocenters. The average molecular weight is 286 g/mol. The molecule has 0 aliphatic carbocycles. The zero-order valence-electron chi connectivity index (χ0n) is 12.4. The van der Waals surface area contributed by atoms with Crippen molar-refractivity contribution in [2.24, 2.45) is 5.73 Å². The highest BCUT2D eigenvalue weighted by atomic mass is 16.5. The summed E-state index contributed by atoms with van der Waals surface area (Å²) in [5.74, 6) is 1.37. The third-order valence-electron chi connectivity index (χ3n) is 3.06. The maximum Gasteiger partial charge on any atom is 0.234 e. The van der Waals surface area contributed by atoms with Gasteiger partial charge < -0.3 is 15.4 Å². The summed E-state index contributed by atoms with van der Waals surface area (Å²) in [7, 11) is 0. The Morgan fingerprint density at radius 1 is 1.19 bits per heavy atom. The number of anilines is 1. The molecule has 0 aliphatic rings. The first-order valence-electron chi connectivity index (χ1n) is 7.27. The van der Waals surface area contributed by atoms with Gasteiger partial charge in [-0.2, -0.15) is 4.98 Å². The van der Waals surface area contributed by atoms with Gasteiger partial charge in [-0.15, -0.1) is 0 Å². The van der Waals surface area contributed by atoms with Gasteiger partial charge in [-0.1, -0.05) is 30.3 Å². The molecular formula is C16H22N4O. The number of hydrogen-bond acceptors (Lipinski definition) is 5. The second kappa shape index (κ2) is 8.21. The monoisotopic (exact) mass is 286 g/mol. The maximum atomic E-state index is 5.64. The van der Waals surface area contributed by atoms with Gasteiger partial charge in [-0.3, -0.25) is 4.98 Å². The fraction of sp³-hybridized carbons (Fsp3) is 0.375. The number of rotatable bonds is 8. The highest BCUT2D eigenvalue weighted by molar-refractivity contribution is 5.39. The summed E-state index contributed by atoms with van der Waals surface area (Å²) < 4.78 is 5.43. The lowest BCUT2D eigenvalue weighted by Gasteiger charge is -2.23. The summed E-state index contributed by atoms with van der Waals surface area (Å²) in [6.07, 6.45) is 4.31. The molecular weight excluding hydrogens is 264 g/mol. The second-order valence-corrected chi connectivity index (χ2v) is 4.70. The minimum absolute atomic E-state index is 0.556. The van der Waals surface area contributed by atoms with E-state index in [9.17, 15) is 0 Å². The minimum Gasteiger partial charge on any atom is -0.477 e. The van der Waals surface area contributed by atoms with Gasteiger partial charge in [0.05, 0.1) is 19.0 Å². The van der Waals surface area contributed by atoms with Gasteiger partial charge in [0.25, 0.3) is 0 Å². The van der Waals surface area contributed by atoms with E-state index < -0.39 is 0 Å². The van der Waals surface area contributed by atoms with E-state index in [1.54, 1.807) is 12.4 Å². The number of aromatic nitrogens is 2. The summed E-state index contributed by atoms with van der Waals surface area (Å²) >= 11 is 0. The Morgan fingerprint density at radius 3 is 2.71 bits per heavy atom. The lowest BCUT2D eigenvalue weighted by atomic mass is 10.2. The largest absolute Gasteiger partial charge is 0.477 e. The minimum atomic E-state index is 0.556. The first-order valence-corrected chi connectivity index (χ1v) is 7.27. The molecule has 2 aromatic rings. The highest BCUT2D eigenvalue weighted by Gasteiger charge is 2.10. The topological polar surface area (TPSA) is 64.3 Å². The fourth-order valence-electron chi connectivity index (χ4n) is 2.07. The molecule has 5 nitrogen and oxygen atoms in total. The van der Waals surface area contributed by atoms with Crippen molar-refractivity contribution in [2.75, 3.05) is 24.6 Å². The van der Waals surface area contributed by atoms with Crippen molar-refractivity contribution >= 4 is 5.82 Å². The van der Waals surface area contributed by atoms with Crippen molar-refractivity contribution in [1.82, 2.24) is 9.97 Å². The van der Waals surface area contributed by atoms with E-state index in [1.165, 1.54) is 5.56 Å². The molecule has 0 saturated carbocycles. The van der Waals surface area contributed by atoms with Crippen molar-refractivity contribution in [3.8, 4) is 5.88 Å². The number of benzene rings is 1. The van der Waals surface area contributed by atoms with E-state index in [2.05, 4.69) is 27.0 Å². The van der Waals surface area contributed by atoms with Crippen LogP contribution in [0.15, 0.2) is 42.7 Å². The molecule has 5 heteroatoms. The van der Waals surface area contributed by atoms with E-state index in [1.807, 2.05) is 25.1 Å². The van der Waals surface area contributed by atoms with E-state index in [-0.39, 0.29) is 0 Å². The van der Waals surface area contributed by atoms with Gasteiger partial charge in [0.2, 0.25) is 5.88 Å². The normalized spacial score (nSPS) is 10.4. The fourth-order valence-corrected chi connectivity index (χ4v) is 2.07. The Bertz CT molecular complexity index is 533. The molecule has 21 heavy (non-hydrogen) atoms. The Hall–Kier alpha value is -2.14. The zero-order chi connectivity index (χ0) is 14.9. The van der Waals surface area contributed by atoms with Crippen molar-refractivity contribution in [2.45, 2.75) is 19.9 Å². The third-order valence-corrected chi connectivity index (χ3v) is 3.06. The third kappa shape index (κ3) is 4.72. The molecule has 1 aromatic heterocycles. The van der Waals surface area contributed by atoms with Crippen LogP contribution in [0.3, 0.4) is 0 Å². The Balaban J connectivity index is 2.16. The Morgan fingerprint density at radius 2 is 2.00 bits per heavy atom. The molecule has 0 spiro atoms. The van der Waals surface area contributed by atoms with Gasteiger partial charge >= 0.3 is 0 Å². The van der Waals surface area contributed by atoms with Crippen LogP contribution >= 0.6 is 0 Å². The average Bonchev–Trinajstić information content (AvgIpc) is 2.53. The van der Waals surface area contributed by atoms with Gasteiger partial charge in [-0.05, 0) is 25.5 Å². The second-order valence-electron chi connectivity index (χ2n) is 4.70. The smallest absolute Gasteiger partial charge is 0.234 e. The van der Waals surface area contributed by atoms with Crippen molar-refractivity contribution in [3.05, 3.63) is 48.3 Å². The van der Waals surface area contributed by atoms with E-state index in [0.29, 0.717) is 19.0 Å². The standard InChI is InChI=1S/C16H22N4O/c1-2-21-16-12-18-11-15(19-16)20(10-6-9-17)13-14-7-4-3-5-8-14/h3-5,7-8,11-12H,2,6,9-10,13,17H2,1H3. The van der Waals surface area contributed by atoms with Gasteiger partial charge in [0, 0.05) is 13.1 Å². The van der Waals surface area contributed by atoms with Gasteiger partial charge in [0.15, 0.2) is 5.82 Å².